The number of fused-ring (bicyclic) bond motifs is 1. The molecule has 4 N–H and O–H groups in total. The van der Waals surface area contributed by atoms with Gasteiger partial charge in [0, 0.05) is 12.3 Å². The van der Waals surface area contributed by atoms with Crippen molar-refractivity contribution in [2.75, 3.05) is 7.11 Å². The summed E-state index contributed by atoms with van der Waals surface area (Å²) in [6, 6.07) is 10.4. The molecule has 0 aromatic heterocycles. The first-order valence-corrected chi connectivity index (χ1v) is 9.68. The van der Waals surface area contributed by atoms with Gasteiger partial charge in [0.2, 0.25) is 5.75 Å². The predicted molar refractivity (Wildman–Crippen MR) is 103 cm³/mol. The predicted octanol–water partition coefficient (Wildman–Crippen LogP) is 3.59. The number of hydrogen-bond donors (Lipinski definition) is 4. The van der Waals surface area contributed by atoms with Gasteiger partial charge in [0.15, 0.2) is 11.5 Å². The van der Waals surface area contributed by atoms with Crippen molar-refractivity contribution in [3.63, 3.8) is 0 Å². The van der Waals surface area contributed by atoms with Crippen molar-refractivity contribution in [3.05, 3.63) is 47.5 Å². The molecule has 1 saturated heterocycles. The van der Waals surface area contributed by atoms with Crippen LogP contribution in [-0.2, 0) is 4.74 Å². The number of methoxy groups -OCH3 is 1. The van der Waals surface area contributed by atoms with Crippen LogP contribution in [0.25, 0.3) is 0 Å². The van der Waals surface area contributed by atoms with E-state index in [2.05, 4.69) is 0 Å². The Morgan fingerprint density at radius 2 is 1.71 bits per heavy atom. The minimum atomic E-state index is -0.480. The summed E-state index contributed by atoms with van der Waals surface area (Å²) < 4.78 is 11.5. The van der Waals surface area contributed by atoms with E-state index in [0.717, 1.165) is 19.3 Å². The fraction of sp³-hybridized carbons (Fsp3) is 0.455. The first-order valence-electron chi connectivity index (χ1n) is 9.68. The van der Waals surface area contributed by atoms with Gasteiger partial charge in [-0.3, -0.25) is 0 Å². The number of hydrogen-bond acceptors (Lipinski definition) is 6. The number of ether oxygens (including phenoxy) is 2. The summed E-state index contributed by atoms with van der Waals surface area (Å²) in [5.41, 5.74) is 1.84. The highest BCUT2D eigenvalue weighted by Gasteiger charge is 2.42. The van der Waals surface area contributed by atoms with E-state index in [1.165, 1.54) is 18.7 Å². The molecule has 150 valence electrons. The van der Waals surface area contributed by atoms with E-state index >= 15 is 0 Å². The van der Waals surface area contributed by atoms with Gasteiger partial charge in [-0.25, -0.2) is 0 Å². The molecule has 0 spiro atoms. The summed E-state index contributed by atoms with van der Waals surface area (Å²) in [6.45, 7) is 0. The van der Waals surface area contributed by atoms with Crippen molar-refractivity contribution in [1.82, 2.24) is 0 Å². The Hall–Kier alpha value is -2.44. The lowest BCUT2D eigenvalue weighted by atomic mass is 9.72. The summed E-state index contributed by atoms with van der Waals surface area (Å²) in [7, 11) is 1.42. The van der Waals surface area contributed by atoms with Crippen molar-refractivity contribution >= 4 is 0 Å². The van der Waals surface area contributed by atoms with Crippen LogP contribution >= 0.6 is 0 Å². The van der Waals surface area contributed by atoms with Crippen LogP contribution < -0.4 is 4.74 Å². The molecule has 28 heavy (non-hydrogen) atoms. The molecule has 6 heteroatoms. The molecular weight excluding hydrogens is 360 g/mol. The maximum Gasteiger partial charge on any atom is 0.200 e. The van der Waals surface area contributed by atoms with Gasteiger partial charge in [0.05, 0.1) is 25.4 Å². The van der Waals surface area contributed by atoms with Crippen molar-refractivity contribution in [3.8, 4) is 23.0 Å². The third kappa shape index (κ3) is 3.50. The van der Waals surface area contributed by atoms with Crippen LogP contribution in [0.5, 0.6) is 23.0 Å². The highest BCUT2D eigenvalue weighted by Crippen LogP contribution is 2.47. The molecule has 0 bridgehead atoms. The Labute approximate surface area is 164 Å². The molecule has 1 aliphatic carbocycles. The number of phenolic OH excluding ortho intramolecular Hbond substituents is 3. The molecular formula is C22H26O6. The van der Waals surface area contributed by atoms with Crippen LogP contribution in [-0.4, -0.2) is 39.7 Å². The monoisotopic (exact) mass is 386 g/mol. The zero-order chi connectivity index (χ0) is 19.8. The van der Waals surface area contributed by atoms with Crippen LogP contribution in [0, 0.1) is 5.92 Å². The van der Waals surface area contributed by atoms with Gasteiger partial charge in [-0.1, -0.05) is 12.1 Å². The zero-order valence-electron chi connectivity index (χ0n) is 15.8. The number of aliphatic hydroxyl groups is 1. The lowest BCUT2D eigenvalue weighted by Gasteiger charge is -2.45. The normalized spacial score (nSPS) is 29.9. The summed E-state index contributed by atoms with van der Waals surface area (Å²) in [5, 5.41) is 40.1. The standard InChI is InChI=1S/C22H26O6/c1-27-21-10-14(8-18(25)22(21)26)19-11-17(24)16-7-4-13(9-20(16)28-19)12-2-5-15(23)6-3-12/h2-3,5-6,8,10,13,16-17,19-20,23-26H,4,7,9,11H2,1H3/t13-,16-,17+,19+,20+/m1/s1. The molecule has 2 aromatic carbocycles. The molecule has 2 aliphatic rings. The summed E-state index contributed by atoms with van der Waals surface area (Å²) >= 11 is 0. The second-order valence-electron chi connectivity index (χ2n) is 7.82. The topological polar surface area (TPSA) is 99.4 Å². The van der Waals surface area contributed by atoms with Crippen molar-refractivity contribution in [1.29, 1.82) is 0 Å². The van der Waals surface area contributed by atoms with E-state index in [4.69, 9.17) is 9.47 Å². The van der Waals surface area contributed by atoms with Crippen LogP contribution in [0.15, 0.2) is 36.4 Å². The number of benzene rings is 2. The molecule has 6 nitrogen and oxygen atoms in total. The van der Waals surface area contributed by atoms with Gasteiger partial charge < -0.3 is 29.9 Å². The van der Waals surface area contributed by atoms with Crippen LogP contribution in [0.4, 0.5) is 0 Å². The Kier molecular flexibility index (Phi) is 5.08. The van der Waals surface area contributed by atoms with Crippen LogP contribution in [0.3, 0.4) is 0 Å². The molecule has 5 atom stereocenters. The second-order valence-corrected chi connectivity index (χ2v) is 7.82. The molecule has 4 rings (SSSR count). The minimum Gasteiger partial charge on any atom is -0.508 e. The third-order valence-electron chi connectivity index (χ3n) is 6.17. The van der Waals surface area contributed by atoms with Gasteiger partial charge in [0.1, 0.15) is 5.75 Å². The number of phenols is 3. The van der Waals surface area contributed by atoms with Gasteiger partial charge in [-0.15, -0.1) is 0 Å². The van der Waals surface area contributed by atoms with E-state index in [9.17, 15) is 20.4 Å². The number of aromatic hydroxyl groups is 3. The lowest BCUT2D eigenvalue weighted by Crippen LogP contribution is -2.44. The summed E-state index contributed by atoms with van der Waals surface area (Å²) in [4.78, 5) is 0. The fourth-order valence-corrected chi connectivity index (χ4v) is 4.63. The van der Waals surface area contributed by atoms with E-state index < -0.39 is 6.10 Å². The first kappa shape index (κ1) is 18.9. The van der Waals surface area contributed by atoms with E-state index in [0.29, 0.717) is 17.9 Å². The molecule has 2 aromatic rings. The van der Waals surface area contributed by atoms with Crippen molar-refractivity contribution in [2.45, 2.75) is 49.9 Å². The molecule has 0 amide bonds. The fourth-order valence-electron chi connectivity index (χ4n) is 4.63. The largest absolute Gasteiger partial charge is 0.508 e. The quantitative estimate of drug-likeness (QED) is 0.602. The van der Waals surface area contributed by atoms with Gasteiger partial charge in [-0.2, -0.15) is 0 Å². The van der Waals surface area contributed by atoms with E-state index in [-0.39, 0.29) is 41.1 Å². The SMILES string of the molecule is COc1cc([C@@H]2C[C@H](O)[C@H]3CC[C@@H](c4ccc(O)cc4)C[C@@H]3O2)cc(O)c1O. The maximum absolute atomic E-state index is 10.7. The molecule has 1 heterocycles. The molecule has 0 radical (unpaired) electrons. The lowest BCUT2D eigenvalue weighted by molar-refractivity contribution is -0.154. The van der Waals surface area contributed by atoms with Crippen molar-refractivity contribution < 1.29 is 29.9 Å². The smallest absolute Gasteiger partial charge is 0.200 e. The van der Waals surface area contributed by atoms with Crippen molar-refractivity contribution in [2.24, 2.45) is 5.92 Å². The summed E-state index contributed by atoms with van der Waals surface area (Å²) in [6.07, 6.45) is 2.15. The van der Waals surface area contributed by atoms with Crippen LogP contribution in [0.2, 0.25) is 0 Å². The Morgan fingerprint density at radius 3 is 2.43 bits per heavy atom. The Morgan fingerprint density at radius 1 is 0.964 bits per heavy atom. The average Bonchev–Trinajstić information content (AvgIpc) is 2.70. The minimum absolute atomic E-state index is 0.0942. The molecule has 1 saturated carbocycles. The maximum atomic E-state index is 10.7. The first-order chi connectivity index (χ1) is 13.5. The Balaban J connectivity index is 1.55. The second kappa shape index (κ2) is 7.53. The Bertz CT molecular complexity index is 834. The van der Waals surface area contributed by atoms with Gasteiger partial charge in [-0.05, 0) is 60.6 Å². The highest BCUT2D eigenvalue weighted by molar-refractivity contribution is 5.52. The average molecular weight is 386 g/mol. The molecule has 1 aliphatic heterocycles. The van der Waals surface area contributed by atoms with Gasteiger partial charge in [0.25, 0.3) is 0 Å². The molecule has 2 fully saturated rings. The number of aliphatic hydroxyl groups excluding tert-OH is 1. The number of rotatable bonds is 3. The van der Waals surface area contributed by atoms with E-state index in [1.54, 1.807) is 18.2 Å². The zero-order valence-corrected chi connectivity index (χ0v) is 15.8. The van der Waals surface area contributed by atoms with Crippen LogP contribution in [0.1, 0.15) is 48.8 Å². The molecule has 0 unspecified atom stereocenters. The summed E-state index contributed by atoms with van der Waals surface area (Å²) in [5.74, 6) is 0.280. The van der Waals surface area contributed by atoms with Gasteiger partial charge >= 0.3 is 0 Å². The highest BCUT2D eigenvalue weighted by atomic mass is 16.5. The third-order valence-corrected chi connectivity index (χ3v) is 6.17. The van der Waals surface area contributed by atoms with E-state index in [1.807, 2.05) is 12.1 Å².